The number of nitrogens with one attached hydrogen (secondary N) is 1. The van der Waals surface area contributed by atoms with Crippen LogP contribution in [0.1, 0.15) is 26.3 Å². The summed E-state index contributed by atoms with van der Waals surface area (Å²) in [5, 5.41) is 2.18. The highest BCUT2D eigenvalue weighted by Crippen LogP contribution is 2.17. The Morgan fingerprint density at radius 3 is 2.56 bits per heavy atom. The molecule has 1 aromatic carbocycles. The summed E-state index contributed by atoms with van der Waals surface area (Å²) < 4.78 is 0. The fraction of sp³-hybridized carbons (Fsp3) is 0. The molecule has 0 spiro atoms. The van der Waals surface area contributed by atoms with Crippen molar-refractivity contribution in [3.8, 4) is 0 Å². The molecule has 16 heavy (non-hydrogen) atoms. The van der Waals surface area contributed by atoms with E-state index < -0.39 is 17.7 Å². The van der Waals surface area contributed by atoms with E-state index in [0.29, 0.717) is 16.7 Å². The summed E-state index contributed by atoms with van der Waals surface area (Å²) in [6, 6.07) is 4.71. The second-order valence-electron chi connectivity index (χ2n) is 3.32. The van der Waals surface area contributed by atoms with E-state index in [-0.39, 0.29) is 0 Å². The highest BCUT2D eigenvalue weighted by atomic mass is 16.2. The number of nitrogens with two attached hydrogens (primary N) is 1. The van der Waals surface area contributed by atoms with Crippen LogP contribution >= 0.6 is 0 Å². The smallest absolute Gasteiger partial charge is 0.258 e. The van der Waals surface area contributed by atoms with Crippen molar-refractivity contribution in [3.63, 3.8) is 0 Å². The maximum Gasteiger partial charge on any atom is 0.258 e. The lowest BCUT2D eigenvalue weighted by atomic mass is 10.1. The van der Waals surface area contributed by atoms with Crippen molar-refractivity contribution in [1.82, 2.24) is 5.32 Å². The predicted octanol–water partition coefficient (Wildman–Crippen LogP) is 0.0687. The largest absolute Gasteiger partial charge is 0.366 e. The minimum Gasteiger partial charge on any atom is -0.366 e. The van der Waals surface area contributed by atoms with Crippen LogP contribution < -0.4 is 11.1 Å². The van der Waals surface area contributed by atoms with Crippen molar-refractivity contribution < 1.29 is 14.4 Å². The first-order valence-electron chi connectivity index (χ1n) is 4.55. The van der Waals surface area contributed by atoms with Crippen LogP contribution in [0, 0.1) is 0 Å². The first kappa shape index (κ1) is 10.1. The predicted molar refractivity (Wildman–Crippen MR) is 56.5 cm³/mol. The summed E-state index contributed by atoms with van der Waals surface area (Å²) in [5.41, 5.74) is 6.25. The Kier molecular flexibility index (Phi) is 2.28. The summed E-state index contributed by atoms with van der Waals surface area (Å²) in [5.74, 6) is -1.39. The first-order valence-corrected chi connectivity index (χ1v) is 4.55. The van der Waals surface area contributed by atoms with Crippen molar-refractivity contribution in [2.45, 2.75) is 0 Å². The van der Waals surface area contributed by atoms with Crippen molar-refractivity contribution in [1.29, 1.82) is 0 Å². The average molecular weight is 216 g/mol. The van der Waals surface area contributed by atoms with Gasteiger partial charge in [0.15, 0.2) is 0 Å². The average Bonchev–Trinajstić information content (AvgIpc) is 2.52. The summed E-state index contributed by atoms with van der Waals surface area (Å²) in [6.45, 7) is 0. The van der Waals surface area contributed by atoms with Crippen LogP contribution in [0.3, 0.4) is 0 Å². The third-order valence-electron chi connectivity index (χ3n) is 2.20. The number of primary amides is 1. The highest BCUT2D eigenvalue weighted by molar-refractivity contribution is 6.21. The third kappa shape index (κ3) is 1.70. The van der Waals surface area contributed by atoms with Crippen LogP contribution in [0.5, 0.6) is 0 Å². The van der Waals surface area contributed by atoms with Gasteiger partial charge in [-0.15, -0.1) is 0 Å². The van der Waals surface area contributed by atoms with Gasteiger partial charge >= 0.3 is 0 Å². The number of carbonyl (C=O) groups excluding carboxylic acids is 3. The Morgan fingerprint density at radius 2 is 1.88 bits per heavy atom. The Labute approximate surface area is 90.9 Å². The summed E-state index contributed by atoms with van der Waals surface area (Å²) in [4.78, 5) is 33.1. The number of imide groups is 1. The molecule has 0 aliphatic carbocycles. The Hall–Kier alpha value is -2.43. The quantitative estimate of drug-likeness (QED) is 0.541. The summed E-state index contributed by atoms with van der Waals surface area (Å²) in [7, 11) is 0. The molecule has 0 unspecified atom stereocenters. The molecule has 0 fully saturated rings. The Morgan fingerprint density at radius 1 is 1.19 bits per heavy atom. The summed E-state index contributed by atoms with van der Waals surface area (Å²) in [6.07, 6.45) is 2.68. The maximum absolute atomic E-state index is 11.3. The van der Waals surface area contributed by atoms with Crippen LogP contribution in [0.4, 0.5) is 0 Å². The van der Waals surface area contributed by atoms with Crippen LogP contribution in [0.25, 0.3) is 6.08 Å². The van der Waals surface area contributed by atoms with Gasteiger partial charge in [0.2, 0.25) is 5.91 Å². The standard InChI is InChI=1S/C11H8N2O3/c12-9(14)4-2-6-1-3-7-8(5-6)11(16)13-10(7)15/h1-5H,(H2,12,14)(H,13,15,16). The lowest BCUT2D eigenvalue weighted by molar-refractivity contribution is -0.113. The fourth-order valence-corrected chi connectivity index (χ4v) is 1.47. The zero-order valence-electron chi connectivity index (χ0n) is 8.19. The minimum atomic E-state index is -0.568. The van der Waals surface area contributed by atoms with Crippen LogP contribution in [0.2, 0.25) is 0 Å². The van der Waals surface area contributed by atoms with Crippen LogP contribution in [-0.2, 0) is 4.79 Å². The molecule has 80 valence electrons. The van der Waals surface area contributed by atoms with Gasteiger partial charge in [0, 0.05) is 6.08 Å². The van der Waals surface area contributed by atoms with E-state index in [2.05, 4.69) is 5.32 Å². The van der Waals surface area contributed by atoms with E-state index in [1.165, 1.54) is 24.3 Å². The zero-order valence-corrected chi connectivity index (χ0v) is 8.19. The Bertz CT molecular complexity index is 532. The molecular weight excluding hydrogens is 208 g/mol. The lowest BCUT2D eigenvalue weighted by Gasteiger charge is -1.96. The van der Waals surface area contributed by atoms with E-state index in [0.717, 1.165) is 0 Å². The van der Waals surface area contributed by atoms with Crippen molar-refractivity contribution in [2.75, 3.05) is 0 Å². The Balaban J connectivity index is 2.40. The van der Waals surface area contributed by atoms with E-state index >= 15 is 0 Å². The van der Waals surface area contributed by atoms with Gasteiger partial charge in [0.05, 0.1) is 11.1 Å². The molecule has 1 aromatic rings. The highest BCUT2D eigenvalue weighted by Gasteiger charge is 2.26. The van der Waals surface area contributed by atoms with Gasteiger partial charge in [-0.3, -0.25) is 19.7 Å². The molecule has 1 heterocycles. The van der Waals surface area contributed by atoms with Gasteiger partial charge in [-0.05, 0) is 23.8 Å². The number of fused-ring (bicyclic) bond motifs is 1. The van der Waals surface area contributed by atoms with E-state index in [1.807, 2.05) is 0 Å². The van der Waals surface area contributed by atoms with Gasteiger partial charge < -0.3 is 5.73 Å². The van der Waals surface area contributed by atoms with E-state index in [9.17, 15) is 14.4 Å². The molecule has 1 aliphatic heterocycles. The lowest BCUT2D eigenvalue weighted by Crippen LogP contribution is -2.19. The number of hydrogen-bond donors (Lipinski definition) is 2. The second kappa shape index (κ2) is 3.62. The molecule has 5 nitrogen and oxygen atoms in total. The number of benzene rings is 1. The molecule has 0 bridgehead atoms. The molecule has 1 aliphatic rings. The topological polar surface area (TPSA) is 89.3 Å². The number of carbonyl (C=O) groups is 3. The molecule has 5 heteroatoms. The molecular formula is C11H8N2O3. The number of rotatable bonds is 2. The third-order valence-corrected chi connectivity index (χ3v) is 2.20. The fourth-order valence-electron chi connectivity index (χ4n) is 1.47. The number of amides is 3. The monoisotopic (exact) mass is 216 g/mol. The molecule has 0 radical (unpaired) electrons. The van der Waals surface area contributed by atoms with Gasteiger partial charge in [-0.2, -0.15) is 0 Å². The number of hydrogen-bond acceptors (Lipinski definition) is 3. The zero-order chi connectivity index (χ0) is 11.7. The molecule has 0 saturated carbocycles. The van der Waals surface area contributed by atoms with Crippen molar-refractivity contribution in [3.05, 3.63) is 41.0 Å². The van der Waals surface area contributed by atoms with Crippen molar-refractivity contribution >= 4 is 23.8 Å². The van der Waals surface area contributed by atoms with Gasteiger partial charge in [0.1, 0.15) is 0 Å². The molecule has 0 saturated heterocycles. The molecule has 3 amide bonds. The molecule has 3 N–H and O–H groups in total. The van der Waals surface area contributed by atoms with Gasteiger partial charge in [-0.25, -0.2) is 0 Å². The normalized spacial score (nSPS) is 14.0. The maximum atomic E-state index is 11.3. The van der Waals surface area contributed by atoms with Gasteiger partial charge in [-0.1, -0.05) is 6.07 Å². The minimum absolute atomic E-state index is 0.316. The summed E-state index contributed by atoms with van der Waals surface area (Å²) >= 11 is 0. The van der Waals surface area contributed by atoms with Crippen LogP contribution in [-0.4, -0.2) is 17.7 Å². The molecule has 2 rings (SSSR count). The SMILES string of the molecule is NC(=O)C=Cc1ccc2c(c1)C(=O)NC2=O. The first-order chi connectivity index (χ1) is 7.58. The van der Waals surface area contributed by atoms with Crippen molar-refractivity contribution in [2.24, 2.45) is 5.73 Å². The van der Waals surface area contributed by atoms with E-state index in [1.54, 1.807) is 6.07 Å². The van der Waals surface area contributed by atoms with E-state index in [4.69, 9.17) is 5.73 Å². The molecule has 0 atom stereocenters. The molecule has 0 aromatic heterocycles. The van der Waals surface area contributed by atoms with Gasteiger partial charge in [0.25, 0.3) is 11.8 Å². The second-order valence-corrected chi connectivity index (χ2v) is 3.32. The van der Waals surface area contributed by atoms with Crippen LogP contribution in [0.15, 0.2) is 24.3 Å².